The van der Waals surface area contributed by atoms with Crippen LogP contribution in [0.2, 0.25) is 0 Å². The highest BCUT2D eigenvalue weighted by Gasteiger charge is 2.45. The van der Waals surface area contributed by atoms with E-state index in [-0.39, 0.29) is 0 Å². The van der Waals surface area contributed by atoms with Gasteiger partial charge in [-0.2, -0.15) is 0 Å². The van der Waals surface area contributed by atoms with Crippen molar-refractivity contribution in [2.75, 3.05) is 12.4 Å². The first-order valence-electron chi connectivity index (χ1n) is 15.8. The molecule has 1 aliphatic rings. The lowest BCUT2D eigenvalue weighted by atomic mass is 9.77. The fourth-order valence-corrected chi connectivity index (χ4v) is 6.46. The number of nitrogens with one attached hydrogen (secondary N) is 1. The van der Waals surface area contributed by atoms with Crippen molar-refractivity contribution in [2.45, 2.75) is 50.0 Å². The molecule has 1 aliphatic heterocycles. The van der Waals surface area contributed by atoms with Gasteiger partial charge in [0.25, 0.3) is 0 Å². The molecule has 1 saturated heterocycles. The van der Waals surface area contributed by atoms with Gasteiger partial charge in [-0.3, -0.25) is 4.57 Å². The Hall–Kier alpha value is -5.09. The monoisotopic (exact) mass is 627 g/mol. The number of imidazole rings is 1. The van der Waals surface area contributed by atoms with Gasteiger partial charge in [-0.05, 0) is 40.8 Å². The van der Waals surface area contributed by atoms with E-state index in [4.69, 9.17) is 24.2 Å². The molecular weight excluding hydrogens is 590 g/mol. The maximum absolute atomic E-state index is 11.3. The fourth-order valence-electron chi connectivity index (χ4n) is 6.46. The Morgan fingerprint density at radius 2 is 1.40 bits per heavy atom. The topological polar surface area (TPSA) is 104 Å². The number of rotatable bonds is 11. The number of hydrogen-bond acceptors (Lipinski definition) is 8. The van der Waals surface area contributed by atoms with Crippen LogP contribution in [0.5, 0.6) is 5.75 Å². The number of hydrogen-bond donors (Lipinski definition) is 2. The highest BCUT2D eigenvalue weighted by molar-refractivity contribution is 5.84. The zero-order valence-electron chi connectivity index (χ0n) is 26.3. The van der Waals surface area contributed by atoms with Crippen LogP contribution >= 0.6 is 0 Å². The molecule has 238 valence electrons. The molecule has 0 amide bonds. The Bertz CT molecular complexity index is 1810. The molecule has 9 nitrogen and oxygen atoms in total. The Morgan fingerprint density at radius 3 is 1.96 bits per heavy atom. The van der Waals surface area contributed by atoms with Crippen molar-refractivity contribution in [3.8, 4) is 5.75 Å². The van der Waals surface area contributed by atoms with Crippen LogP contribution in [0, 0.1) is 0 Å². The highest BCUT2D eigenvalue weighted by atomic mass is 16.6. The zero-order chi connectivity index (χ0) is 32.2. The van der Waals surface area contributed by atoms with Gasteiger partial charge in [0.1, 0.15) is 29.8 Å². The third kappa shape index (κ3) is 5.74. The van der Waals surface area contributed by atoms with Crippen LogP contribution < -0.4 is 10.1 Å². The lowest BCUT2D eigenvalue weighted by molar-refractivity contribution is -0.0736. The highest BCUT2D eigenvalue weighted by Crippen LogP contribution is 2.41. The van der Waals surface area contributed by atoms with Crippen LogP contribution in [0.15, 0.2) is 128 Å². The second-order valence-electron chi connectivity index (χ2n) is 11.6. The van der Waals surface area contributed by atoms with Crippen molar-refractivity contribution in [1.82, 2.24) is 19.5 Å². The average molecular weight is 628 g/mol. The van der Waals surface area contributed by atoms with Gasteiger partial charge in [0.05, 0.1) is 26.1 Å². The maximum Gasteiger partial charge on any atom is 0.167 e. The summed E-state index contributed by atoms with van der Waals surface area (Å²) >= 11 is 0. The summed E-state index contributed by atoms with van der Waals surface area (Å²) in [7, 11) is 1.64. The summed E-state index contributed by atoms with van der Waals surface area (Å²) in [5, 5.41) is 15.1. The lowest BCUT2D eigenvalue weighted by Gasteiger charge is -2.37. The van der Waals surface area contributed by atoms with E-state index in [2.05, 4.69) is 46.7 Å². The third-order valence-corrected chi connectivity index (χ3v) is 8.88. The molecule has 4 aromatic carbocycles. The predicted molar refractivity (Wildman–Crippen MR) is 180 cm³/mol. The zero-order valence-corrected chi connectivity index (χ0v) is 26.3. The molecule has 1 unspecified atom stereocenters. The minimum atomic E-state index is -0.831. The standard InChI is InChI=1S/C38H37N5O4/c1-3-31-33(44)34(46-23-26-19-21-30(45-2)22-20-26)37(47-31)43-25-41-32-35(39-24-40-36(32)43)42-38(27-13-7-4-8-14-27,28-15-9-5-10-16-28)29-17-11-6-12-18-29/h4-22,24-25,31,33-34,37,44H,3,23H2,1-2H3,(H,39,40,42)/t31-,33-,34?,37-/m1/s1. The van der Waals surface area contributed by atoms with Gasteiger partial charge in [0.15, 0.2) is 23.2 Å². The molecule has 47 heavy (non-hydrogen) atoms. The number of aromatic nitrogens is 4. The lowest BCUT2D eigenvalue weighted by Crippen LogP contribution is -2.38. The first-order chi connectivity index (χ1) is 23.1. The smallest absolute Gasteiger partial charge is 0.167 e. The van der Waals surface area contributed by atoms with E-state index in [1.165, 1.54) is 6.33 Å². The van der Waals surface area contributed by atoms with E-state index in [1.54, 1.807) is 13.4 Å². The molecule has 1 fully saturated rings. The Kier molecular flexibility index (Phi) is 8.67. The van der Waals surface area contributed by atoms with Crippen LogP contribution in [0.25, 0.3) is 11.2 Å². The Labute approximate surface area is 273 Å². The van der Waals surface area contributed by atoms with Crippen molar-refractivity contribution >= 4 is 17.0 Å². The molecule has 2 N–H and O–H groups in total. The van der Waals surface area contributed by atoms with E-state index in [1.807, 2.05) is 90.4 Å². The summed E-state index contributed by atoms with van der Waals surface area (Å²) in [6.07, 6.45) is 1.32. The first-order valence-corrected chi connectivity index (χ1v) is 15.8. The van der Waals surface area contributed by atoms with Crippen LogP contribution in [-0.2, 0) is 21.6 Å². The largest absolute Gasteiger partial charge is 0.497 e. The van der Waals surface area contributed by atoms with Gasteiger partial charge in [0.2, 0.25) is 0 Å². The molecule has 0 spiro atoms. The molecule has 2 aromatic heterocycles. The molecule has 7 rings (SSSR count). The van der Waals surface area contributed by atoms with Gasteiger partial charge in [0, 0.05) is 0 Å². The molecule has 9 heteroatoms. The number of methoxy groups -OCH3 is 1. The average Bonchev–Trinajstić information content (AvgIpc) is 3.71. The summed E-state index contributed by atoms with van der Waals surface area (Å²) in [4.78, 5) is 14.2. The Balaban J connectivity index is 1.29. The summed E-state index contributed by atoms with van der Waals surface area (Å²) in [6, 6.07) is 38.7. The van der Waals surface area contributed by atoms with E-state index >= 15 is 0 Å². The van der Waals surface area contributed by atoms with E-state index in [9.17, 15) is 5.11 Å². The number of ether oxygens (including phenoxy) is 3. The maximum atomic E-state index is 11.3. The number of aliphatic hydroxyl groups is 1. The molecule has 0 radical (unpaired) electrons. The molecule has 6 aromatic rings. The van der Waals surface area contributed by atoms with Crippen molar-refractivity contribution in [2.24, 2.45) is 0 Å². The predicted octanol–water partition coefficient (Wildman–Crippen LogP) is 6.49. The van der Waals surface area contributed by atoms with E-state index in [0.717, 1.165) is 28.0 Å². The molecule has 0 bridgehead atoms. The van der Waals surface area contributed by atoms with Crippen molar-refractivity contribution in [3.63, 3.8) is 0 Å². The quantitative estimate of drug-likeness (QED) is 0.157. The summed E-state index contributed by atoms with van der Waals surface area (Å²) in [5.74, 6) is 1.33. The van der Waals surface area contributed by atoms with Gasteiger partial charge in [-0.1, -0.05) is 110 Å². The van der Waals surface area contributed by atoms with Crippen LogP contribution in [-0.4, -0.2) is 50.0 Å². The van der Waals surface area contributed by atoms with Crippen LogP contribution in [0.3, 0.4) is 0 Å². The minimum absolute atomic E-state index is 0.296. The second-order valence-corrected chi connectivity index (χ2v) is 11.6. The van der Waals surface area contributed by atoms with Crippen molar-refractivity contribution in [1.29, 1.82) is 0 Å². The molecule has 0 saturated carbocycles. The first kappa shape index (κ1) is 30.6. The Morgan fingerprint density at radius 1 is 0.809 bits per heavy atom. The normalized spacial score (nSPS) is 19.6. The van der Waals surface area contributed by atoms with E-state index in [0.29, 0.717) is 30.0 Å². The minimum Gasteiger partial charge on any atom is -0.497 e. The molecular formula is C38H37N5O4. The second kappa shape index (κ2) is 13.3. The summed E-state index contributed by atoms with van der Waals surface area (Å²) < 4.78 is 19.9. The number of nitrogens with zero attached hydrogens (tertiary/aromatic N) is 4. The third-order valence-electron chi connectivity index (χ3n) is 8.88. The summed E-state index contributed by atoms with van der Waals surface area (Å²) in [5.41, 5.74) is 4.44. The van der Waals surface area contributed by atoms with Gasteiger partial charge in [-0.25, -0.2) is 15.0 Å². The number of benzene rings is 4. The molecule has 3 heterocycles. The molecule has 4 atom stereocenters. The van der Waals surface area contributed by atoms with E-state index < -0.39 is 30.1 Å². The number of aliphatic hydroxyl groups excluding tert-OH is 1. The SMILES string of the molecule is CC[C@H]1O[C@@H](n2cnc3c(NC(c4ccccc4)(c4ccccc4)c4ccccc4)ncnc32)C(OCc2ccc(OC)cc2)[C@@H]1O. The molecule has 0 aliphatic carbocycles. The van der Waals surface area contributed by atoms with Crippen molar-refractivity contribution in [3.05, 3.63) is 150 Å². The summed E-state index contributed by atoms with van der Waals surface area (Å²) in [6.45, 7) is 2.29. The number of fused-ring (bicyclic) bond motifs is 1. The van der Waals surface area contributed by atoms with Gasteiger partial charge in [-0.15, -0.1) is 0 Å². The van der Waals surface area contributed by atoms with Gasteiger partial charge >= 0.3 is 0 Å². The van der Waals surface area contributed by atoms with Crippen molar-refractivity contribution < 1.29 is 19.3 Å². The van der Waals surface area contributed by atoms with Gasteiger partial charge < -0.3 is 24.6 Å². The fraction of sp³-hybridized carbons (Fsp3) is 0.237. The van der Waals surface area contributed by atoms with Crippen LogP contribution in [0.1, 0.15) is 41.8 Å². The van der Waals surface area contributed by atoms with Crippen LogP contribution in [0.4, 0.5) is 5.82 Å². The number of anilines is 1.